The van der Waals surface area contributed by atoms with Gasteiger partial charge < -0.3 is 15.2 Å². The first-order valence-electron chi connectivity index (χ1n) is 9.52. The van der Waals surface area contributed by atoms with Crippen molar-refractivity contribution in [1.82, 2.24) is 14.8 Å². The van der Waals surface area contributed by atoms with Crippen molar-refractivity contribution in [2.24, 2.45) is 0 Å². The Balaban J connectivity index is 1.59. The second kappa shape index (κ2) is 10.7. The first-order valence-corrected chi connectivity index (χ1v) is 11.3. The van der Waals surface area contributed by atoms with Gasteiger partial charge in [-0.1, -0.05) is 53.2 Å². The molecule has 3 aromatic rings. The molecule has 2 aromatic carbocycles. The number of amides is 2. The quantitative estimate of drug-likeness (QED) is 0.453. The molecule has 1 aromatic heterocycles. The van der Waals surface area contributed by atoms with Crippen molar-refractivity contribution in [2.45, 2.75) is 32.0 Å². The molecular weight excluding hydrogens is 457 g/mol. The molecule has 0 saturated heterocycles. The third-order valence-corrected chi connectivity index (χ3v) is 5.90. The maximum atomic E-state index is 12.5. The van der Waals surface area contributed by atoms with Crippen LogP contribution in [0.2, 0.25) is 10.0 Å². The molecule has 0 unspecified atom stereocenters. The zero-order valence-electron chi connectivity index (χ0n) is 17.0. The van der Waals surface area contributed by atoms with Gasteiger partial charge in [0.05, 0.1) is 22.9 Å². The lowest BCUT2D eigenvalue weighted by Gasteiger charge is -2.10. The third-order valence-electron chi connectivity index (χ3n) is 4.39. The summed E-state index contributed by atoms with van der Waals surface area (Å²) < 4.78 is 1.82. The Hall–Kier alpha value is -2.55. The number of carbonyl (C=O) groups excluding carboxylic acids is 2. The number of para-hydroxylation sites is 1. The van der Waals surface area contributed by atoms with Crippen LogP contribution >= 0.6 is 35.0 Å². The largest absolute Gasteiger partial charge is 0.325 e. The van der Waals surface area contributed by atoms with Crippen molar-refractivity contribution < 1.29 is 9.59 Å². The maximum Gasteiger partial charge on any atom is 0.234 e. The van der Waals surface area contributed by atoms with Crippen LogP contribution in [0.15, 0.2) is 47.6 Å². The number of rotatable bonds is 8. The van der Waals surface area contributed by atoms with Crippen molar-refractivity contribution in [3.63, 3.8) is 0 Å². The maximum absolute atomic E-state index is 12.5. The lowest BCUT2D eigenvalue weighted by atomic mass is 10.2. The summed E-state index contributed by atoms with van der Waals surface area (Å²) in [6.07, 6.45) is 0.0856. The first kappa shape index (κ1) is 23.1. The number of thioether (sulfide) groups is 1. The number of aryl methyl sites for hydroxylation is 1. The number of hydrogen-bond donors (Lipinski definition) is 2. The molecule has 2 N–H and O–H groups in total. The molecule has 162 valence electrons. The van der Waals surface area contributed by atoms with Crippen LogP contribution in [0.5, 0.6) is 0 Å². The van der Waals surface area contributed by atoms with Gasteiger partial charge in [-0.2, -0.15) is 0 Å². The number of nitrogens with zero attached hydrogens (tertiary/aromatic N) is 3. The highest BCUT2D eigenvalue weighted by molar-refractivity contribution is 7.99. The highest BCUT2D eigenvalue weighted by Crippen LogP contribution is 2.26. The molecule has 0 aliphatic rings. The van der Waals surface area contributed by atoms with Crippen LogP contribution in [0.3, 0.4) is 0 Å². The molecule has 31 heavy (non-hydrogen) atoms. The molecule has 0 spiro atoms. The molecular formula is C21H21Cl2N5O2S. The fourth-order valence-corrected chi connectivity index (χ4v) is 4.11. The van der Waals surface area contributed by atoms with Crippen LogP contribution in [-0.2, 0) is 22.6 Å². The van der Waals surface area contributed by atoms with E-state index in [9.17, 15) is 9.59 Å². The van der Waals surface area contributed by atoms with Crippen molar-refractivity contribution in [2.75, 3.05) is 16.4 Å². The third kappa shape index (κ3) is 6.22. The monoisotopic (exact) mass is 477 g/mol. The lowest BCUT2D eigenvalue weighted by Crippen LogP contribution is -2.18. The Kier molecular flexibility index (Phi) is 7.95. The number of carbonyl (C=O) groups is 2. The zero-order valence-corrected chi connectivity index (χ0v) is 19.3. The van der Waals surface area contributed by atoms with E-state index in [4.69, 9.17) is 23.2 Å². The normalized spacial score (nSPS) is 10.7. The number of nitrogens with one attached hydrogen (secondary N) is 2. The van der Waals surface area contributed by atoms with E-state index in [1.165, 1.54) is 11.8 Å². The fourth-order valence-electron chi connectivity index (χ4n) is 2.83. The van der Waals surface area contributed by atoms with E-state index in [2.05, 4.69) is 20.8 Å². The minimum absolute atomic E-state index is 0.0856. The summed E-state index contributed by atoms with van der Waals surface area (Å²) in [6.45, 7) is 4.44. The Bertz CT molecular complexity index is 1100. The SMILES string of the molecule is CCn1c(CC(=O)Nc2ccccc2C)nnc1SCC(=O)Nc1ccc(Cl)cc1Cl. The van der Waals surface area contributed by atoms with Crippen LogP contribution in [0.4, 0.5) is 11.4 Å². The fraction of sp³-hybridized carbons (Fsp3) is 0.238. The summed E-state index contributed by atoms with van der Waals surface area (Å²) in [7, 11) is 0. The van der Waals surface area contributed by atoms with E-state index in [0.29, 0.717) is 33.3 Å². The van der Waals surface area contributed by atoms with Gasteiger partial charge in [-0.05, 0) is 43.7 Å². The predicted molar refractivity (Wildman–Crippen MR) is 125 cm³/mol. The Morgan fingerprint density at radius 2 is 1.77 bits per heavy atom. The summed E-state index contributed by atoms with van der Waals surface area (Å²) in [5.74, 6) is 0.242. The number of benzene rings is 2. The molecule has 2 amide bonds. The zero-order chi connectivity index (χ0) is 22.4. The average Bonchev–Trinajstić information content (AvgIpc) is 3.11. The second-order valence-electron chi connectivity index (χ2n) is 6.64. The van der Waals surface area contributed by atoms with Crippen LogP contribution in [0.25, 0.3) is 0 Å². The van der Waals surface area contributed by atoms with Gasteiger partial charge in [-0.25, -0.2) is 0 Å². The van der Waals surface area contributed by atoms with Gasteiger partial charge in [0.15, 0.2) is 5.16 Å². The first-order chi connectivity index (χ1) is 14.9. The molecule has 0 saturated carbocycles. The number of anilines is 2. The summed E-state index contributed by atoms with van der Waals surface area (Å²) in [4.78, 5) is 24.7. The predicted octanol–water partition coefficient (Wildman–Crippen LogP) is 4.83. The van der Waals surface area contributed by atoms with Gasteiger partial charge in [-0.15, -0.1) is 10.2 Å². The number of halogens is 2. The molecule has 7 nitrogen and oxygen atoms in total. The topological polar surface area (TPSA) is 88.9 Å². The van der Waals surface area contributed by atoms with Gasteiger partial charge in [0, 0.05) is 17.3 Å². The molecule has 0 fully saturated rings. The second-order valence-corrected chi connectivity index (χ2v) is 8.43. The van der Waals surface area contributed by atoms with E-state index >= 15 is 0 Å². The molecule has 1 heterocycles. The Morgan fingerprint density at radius 1 is 1.03 bits per heavy atom. The minimum atomic E-state index is -0.237. The van der Waals surface area contributed by atoms with Crippen LogP contribution in [-0.4, -0.2) is 32.3 Å². The van der Waals surface area contributed by atoms with E-state index in [1.807, 2.05) is 42.7 Å². The highest BCUT2D eigenvalue weighted by Gasteiger charge is 2.17. The smallest absolute Gasteiger partial charge is 0.234 e. The van der Waals surface area contributed by atoms with E-state index < -0.39 is 0 Å². The van der Waals surface area contributed by atoms with Crippen molar-refractivity contribution in [3.8, 4) is 0 Å². The van der Waals surface area contributed by atoms with Crippen LogP contribution in [0.1, 0.15) is 18.3 Å². The van der Waals surface area contributed by atoms with E-state index in [0.717, 1.165) is 11.3 Å². The Morgan fingerprint density at radius 3 is 2.48 bits per heavy atom. The van der Waals surface area contributed by atoms with Crippen molar-refractivity contribution in [3.05, 3.63) is 63.9 Å². The molecule has 0 radical (unpaired) electrons. The van der Waals surface area contributed by atoms with Gasteiger partial charge in [-0.3, -0.25) is 9.59 Å². The summed E-state index contributed by atoms with van der Waals surface area (Å²) in [5.41, 5.74) is 2.24. The molecule has 3 rings (SSSR count). The highest BCUT2D eigenvalue weighted by atomic mass is 35.5. The van der Waals surface area contributed by atoms with Gasteiger partial charge in [0.1, 0.15) is 5.82 Å². The standard InChI is InChI=1S/C21H21Cl2N5O2S/c1-3-28-18(11-19(29)24-16-7-5-4-6-13(16)2)26-27-21(28)31-12-20(30)25-17-9-8-14(22)10-15(17)23/h4-10H,3,11-12H2,1-2H3,(H,24,29)(H,25,30). The van der Waals surface area contributed by atoms with Gasteiger partial charge in [0.2, 0.25) is 11.8 Å². The van der Waals surface area contributed by atoms with E-state index in [-0.39, 0.29) is 24.0 Å². The van der Waals surface area contributed by atoms with Crippen LogP contribution < -0.4 is 10.6 Å². The van der Waals surface area contributed by atoms with Gasteiger partial charge in [0.25, 0.3) is 0 Å². The van der Waals surface area contributed by atoms with Gasteiger partial charge >= 0.3 is 0 Å². The van der Waals surface area contributed by atoms with E-state index in [1.54, 1.807) is 18.2 Å². The summed E-state index contributed by atoms with van der Waals surface area (Å²) in [5, 5.41) is 15.4. The van der Waals surface area contributed by atoms with Crippen LogP contribution in [0, 0.1) is 6.92 Å². The molecule has 0 bridgehead atoms. The van der Waals surface area contributed by atoms with Crippen molar-refractivity contribution >= 4 is 58.2 Å². The minimum Gasteiger partial charge on any atom is -0.325 e. The molecule has 0 atom stereocenters. The molecule has 0 aliphatic heterocycles. The summed E-state index contributed by atoms with van der Waals surface area (Å²) >= 11 is 13.2. The Labute approximate surface area is 194 Å². The lowest BCUT2D eigenvalue weighted by molar-refractivity contribution is -0.116. The number of aromatic nitrogens is 3. The number of hydrogen-bond acceptors (Lipinski definition) is 5. The van der Waals surface area contributed by atoms with Crippen molar-refractivity contribution in [1.29, 1.82) is 0 Å². The summed E-state index contributed by atoms with van der Waals surface area (Å²) in [6, 6.07) is 12.4. The molecule has 0 aliphatic carbocycles. The average molecular weight is 478 g/mol. The molecule has 10 heteroatoms.